The number of piperidine rings is 1. The maximum atomic E-state index is 11.5. The minimum atomic E-state index is -3.25. The number of sulfonamides is 1. The van der Waals surface area contributed by atoms with Crippen LogP contribution in [0.2, 0.25) is 0 Å². The van der Waals surface area contributed by atoms with Crippen molar-refractivity contribution < 1.29 is 17.9 Å². The Morgan fingerprint density at radius 2 is 1.93 bits per heavy atom. The molecule has 1 atom stereocenters. The third kappa shape index (κ3) is 9.55. The first-order valence-electron chi connectivity index (χ1n) is 9.86. The molecule has 0 aliphatic carbocycles. The molecular formula is C18H37IN4O4S. The summed E-state index contributed by atoms with van der Waals surface area (Å²) in [6.45, 7) is 7.46. The highest BCUT2D eigenvalue weighted by atomic mass is 127. The standard InChI is InChI=1S/C18H36N4O4S.HI/c1-18(2,21-27(4,23)24)14-20-17(19-3)22-10-8-15(9-11-22)26-13-16-7-5-6-12-25-16;/h15-16,21H,5-14H2,1-4H3,(H,19,20);1H. The highest BCUT2D eigenvalue weighted by molar-refractivity contribution is 14.0. The van der Waals surface area contributed by atoms with Crippen molar-refractivity contribution in [3.05, 3.63) is 0 Å². The summed E-state index contributed by atoms with van der Waals surface area (Å²) in [6, 6.07) is 0. The van der Waals surface area contributed by atoms with Crippen molar-refractivity contribution in [2.24, 2.45) is 4.99 Å². The molecule has 2 saturated heterocycles. The van der Waals surface area contributed by atoms with Crippen LogP contribution in [-0.4, -0.2) is 83.2 Å². The first-order valence-corrected chi connectivity index (χ1v) is 11.8. The van der Waals surface area contributed by atoms with E-state index in [4.69, 9.17) is 9.47 Å². The van der Waals surface area contributed by atoms with Crippen LogP contribution in [0.5, 0.6) is 0 Å². The number of hydrogen-bond donors (Lipinski definition) is 2. The molecule has 0 aromatic carbocycles. The van der Waals surface area contributed by atoms with Crippen molar-refractivity contribution in [3.8, 4) is 0 Å². The van der Waals surface area contributed by atoms with Crippen molar-refractivity contribution >= 4 is 40.0 Å². The fourth-order valence-corrected chi connectivity index (χ4v) is 4.66. The Balaban J connectivity index is 0.00000392. The molecule has 0 spiro atoms. The Labute approximate surface area is 187 Å². The molecule has 2 aliphatic heterocycles. The van der Waals surface area contributed by atoms with E-state index in [1.54, 1.807) is 7.05 Å². The number of ether oxygens (including phenoxy) is 2. The van der Waals surface area contributed by atoms with E-state index in [0.29, 0.717) is 13.2 Å². The normalized spacial score (nSPS) is 22.6. The molecule has 0 bridgehead atoms. The predicted molar refractivity (Wildman–Crippen MR) is 123 cm³/mol. The lowest BCUT2D eigenvalue weighted by atomic mass is 10.1. The first kappa shape index (κ1) is 25.9. The van der Waals surface area contributed by atoms with Crippen LogP contribution < -0.4 is 10.0 Å². The van der Waals surface area contributed by atoms with Crippen LogP contribution in [0.4, 0.5) is 0 Å². The lowest BCUT2D eigenvalue weighted by Crippen LogP contribution is -2.54. The van der Waals surface area contributed by atoms with E-state index in [1.807, 2.05) is 13.8 Å². The molecule has 2 rings (SSSR count). The van der Waals surface area contributed by atoms with Crippen LogP contribution in [0.1, 0.15) is 46.0 Å². The smallest absolute Gasteiger partial charge is 0.209 e. The van der Waals surface area contributed by atoms with Gasteiger partial charge in [-0.05, 0) is 46.0 Å². The number of aliphatic imine (C=N–C) groups is 1. The van der Waals surface area contributed by atoms with Gasteiger partial charge in [0.15, 0.2) is 5.96 Å². The molecular weight excluding hydrogens is 495 g/mol. The number of hydrogen-bond acceptors (Lipinski definition) is 5. The van der Waals surface area contributed by atoms with Gasteiger partial charge in [0.05, 0.1) is 25.1 Å². The average Bonchev–Trinajstić information content (AvgIpc) is 2.60. The second kappa shape index (κ2) is 11.9. The lowest BCUT2D eigenvalue weighted by Gasteiger charge is -2.36. The number of guanidine groups is 1. The monoisotopic (exact) mass is 532 g/mol. The maximum Gasteiger partial charge on any atom is 0.209 e. The second-order valence-electron chi connectivity index (χ2n) is 8.17. The van der Waals surface area contributed by atoms with Crippen molar-refractivity contribution in [1.82, 2.24) is 14.9 Å². The van der Waals surface area contributed by atoms with E-state index in [9.17, 15) is 8.42 Å². The van der Waals surface area contributed by atoms with Crippen molar-refractivity contribution in [2.75, 3.05) is 46.2 Å². The summed E-state index contributed by atoms with van der Waals surface area (Å²) in [5, 5.41) is 3.29. The Hall–Kier alpha value is -0.170. The number of rotatable bonds is 7. The molecule has 8 nitrogen and oxygen atoms in total. The summed E-state index contributed by atoms with van der Waals surface area (Å²) in [5.74, 6) is 0.799. The van der Waals surface area contributed by atoms with Crippen molar-refractivity contribution in [3.63, 3.8) is 0 Å². The van der Waals surface area contributed by atoms with Gasteiger partial charge in [0.1, 0.15) is 0 Å². The minimum absolute atomic E-state index is 0. The van der Waals surface area contributed by atoms with E-state index in [1.165, 1.54) is 12.7 Å². The van der Waals surface area contributed by atoms with E-state index >= 15 is 0 Å². The van der Waals surface area contributed by atoms with E-state index in [0.717, 1.165) is 51.3 Å². The zero-order valence-corrected chi connectivity index (χ0v) is 20.7. The SMILES string of the molecule is CN=C(NCC(C)(C)NS(C)(=O)=O)N1CCC(OCC2CCCCO2)CC1.I. The largest absolute Gasteiger partial charge is 0.376 e. The van der Waals surface area contributed by atoms with Gasteiger partial charge < -0.3 is 19.7 Å². The zero-order chi connectivity index (χ0) is 19.9. The van der Waals surface area contributed by atoms with Crippen LogP contribution in [0.25, 0.3) is 0 Å². The fourth-order valence-electron chi connectivity index (χ4n) is 3.59. The quantitative estimate of drug-likeness (QED) is 0.294. The Morgan fingerprint density at radius 3 is 2.46 bits per heavy atom. The molecule has 10 heteroatoms. The molecule has 0 radical (unpaired) electrons. The van der Waals surface area contributed by atoms with Gasteiger partial charge in [-0.15, -0.1) is 24.0 Å². The molecule has 0 aromatic heterocycles. The summed E-state index contributed by atoms with van der Waals surface area (Å²) >= 11 is 0. The minimum Gasteiger partial charge on any atom is -0.376 e. The number of halogens is 1. The van der Waals surface area contributed by atoms with Gasteiger partial charge >= 0.3 is 0 Å². The molecule has 2 heterocycles. The Morgan fingerprint density at radius 1 is 1.25 bits per heavy atom. The Kier molecular flexibility index (Phi) is 11.0. The van der Waals surface area contributed by atoms with Gasteiger partial charge in [-0.25, -0.2) is 13.1 Å². The van der Waals surface area contributed by atoms with Crippen molar-refractivity contribution in [2.45, 2.75) is 63.7 Å². The van der Waals surface area contributed by atoms with Gasteiger partial charge in [-0.2, -0.15) is 0 Å². The Bertz CT molecular complexity index is 586. The molecule has 0 amide bonds. The van der Waals surface area contributed by atoms with Crippen LogP contribution in [0, 0.1) is 0 Å². The third-order valence-electron chi connectivity index (χ3n) is 4.90. The lowest BCUT2D eigenvalue weighted by molar-refractivity contribution is -0.0721. The number of likely N-dealkylation sites (tertiary alicyclic amines) is 1. The van der Waals surface area contributed by atoms with E-state index in [2.05, 4.69) is 19.9 Å². The molecule has 2 fully saturated rings. The third-order valence-corrected chi connectivity index (χ3v) is 5.82. The molecule has 2 aliphatic rings. The number of nitrogens with zero attached hydrogens (tertiary/aromatic N) is 2. The highest BCUT2D eigenvalue weighted by Crippen LogP contribution is 2.18. The molecule has 28 heavy (non-hydrogen) atoms. The van der Waals surface area contributed by atoms with Gasteiger partial charge in [-0.1, -0.05) is 0 Å². The highest BCUT2D eigenvalue weighted by Gasteiger charge is 2.26. The molecule has 0 saturated carbocycles. The van der Waals surface area contributed by atoms with Crippen molar-refractivity contribution in [1.29, 1.82) is 0 Å². The second-order valence-corrected chi connectivity index (χ2v) is 9.92. The van der Waals surface area contributed by atoms with Gasteiger partial charge in [0, 0.05) is 38.8 Å². The maximum absolute atomic E-state index is 11.5. The van der Waals surface area contributed by atoms with Crippen LogP contribution in [-0.2, 0) is 19.5 Å². The molecule has 1 unspecified atom stereocenters. The summed E-state index contributed by atoms with van der Waals surface area (Å²) < 4.78 is 37.4. The van der Waals surface area contributed by atoms with Gasteiger partial charge in [0.2, 0.25) is 10.0 Å². The summed E-state index contributed by atoms with van der Waals surface area (Å²) in [6.07, 6.45) is 7.12. The molecule has 2 N–H and O–H groups in total. The van der Waals surface area contributed by atoms with Crippen LogP contribution >= 0.6 is 24.0 Å². The summed E-state index contributed by atoms with van der Waals surface area (Å²) in [7, 11) is -1.50. The predicted octanol–water partition coefficient (Wildman–Crippen LogP) is 1.56. The summed E-state index contributed by atoms with van der Waals surface area (Å²) in [5.41, 5.74) is -0.592. The topological polar surface area (TPSA) is 92.3 Å². The van der Waals surface area contributed by atoms with E-state index in [-0.39, 0.29) is 36.2 Å². The van der Waals surface area contributed by atoms with Crippen LogP contribution in [0.3, 0.4) is 0 Å². The zero-order valence-electron chi connectivity index (χ0n) is 17.6. The molecule has 166 valence electrons. The fraction of sp³-hybridized carbons (Fsp3) is 0.944. The van der Waals surface area contributed by atoms with Crippen LogP contribution in [0.15, 0.2) is 4.99 Å². The van der Waals surface area contributed by atoms with Gasteiger partial charge in [0.25, 0.3) is 0 Å². The first-order chi connectivity index (χ1) is 12.7. The molecule has 0 aromatic rings. The van der Waals surface area contributed by atoms with Gasteiger partial charge in [-0.3, -0.25) is 4.99 Å². The average molecular weight is 532 g/mol. The number of nitrogens with one attached hydrogen (secondary N) is 2. The summed E-state index contributed by atoms with van der Waals surface area (Å²) in [4.78, 5) is 6.55. The van der Waals surface area contributed by atoms with E-state index < -0.39 is 15.6 Å².